The van der Waals surface area contributed by atoms with Crippen molar-refractivity contribution in [3.8, 4) is 0 Å². The van der Waals surface area contributed by atoms with Gasteiger partial charge in [0.25, 0.3) is 0 Å². The molecule has 0 aliphatic carbocycles. The van der Waals surface area contributed by atoms with Crippen molar-refractivity contribution in [1.82, 2.24) is 4.90 Å². The third kappa shape index (κ3) is 10.8. The number of allylic oxidation sites excluding steroid dienone is 1. The maximum Gasteiger partial charge on any atom is 0.410 e. The van der Waals surface area contributed by atoms with Crippen LogP contribution < -0.4 is 0 Å². The number of amides is 1. The fourth-order valence-corrected chi connectivity index (χ4v) is 1.92. The van der Waals surface area contributed by atoms with Crippen LogP contribution in [0.1, 0.15) is 60.8 Å². The van der Waals surface area contributed by atoms with Crippen LogP contribution in [0.25, 0.3) is 0 Å². The first-order valence-corrected chi connectivity index (χ1v) is 8.13. The lowest BCUT2D eigenvalue weighted by atomic mass is 9.99. The number of hydrogen-bond acceptors (Lipinski definition) is 4. The largest absolute Gasteiger partial charge is 0.460 e. The van der Waals surface area contributed by atoms with E-state index in [4.69, 9.17) is 9.47 Å². The molecule has 0 aromatic carbocycles. The predicted octanol–water partition coefficient (Wildman–Crippen LogP) is 4.17. The summed E-state index contributed by atoms with van der Waals surface area (Å²) in [6.45, 7) is 15.3. The van der Waals surface area contributed by atoms with Gasteiger partial charge in [0.1, 0.15) is 11.2 Å². The maximum atomic E-state index is 12.2. The average Bonchev–Trinajstić information content (AvgIpc) is 2.33. The molecular weight excluding hydrogens is 294 g/mol. The summed E-state index contributed by atoms with van der Waals surface area (Å²) in [5.74, 6) is -0.434. The van der Waals surface area contributed by atoms with Crippen molar-refractivity contribution in [2.45, 2.75) is 72.0 Å². The third-order valence-corrected chi connectivity index (χ3v) is 2.94. The van der Waals surface area contributed by atoms with E-state index < -0.39 is 11.2 Å². The molecule has 1 unspecified atom stereocenters. The Morgan fingerprint density at radius 3 is 2.04 bits per heavy atom. The van der Waals surface area contributed by atoms with Crippen LogP contribution in [0, 0.1) is 5.92 Å². The van der Waals surface area contributed by atoms with E-state index in [9.17, 15) is 9.59 Å². The third-order valence-electron chi connectivity index (χ3n) is 2.94. The molecule has 5 nitrogen and oxygen atoms in total. The van der Waals surface area contributed by atoms with Crippen molar-refractivity contribution in [2.75, 3.05) is 13.6 Å². The number of nitrogens with zero attached hydrogens (tertiary/aromatic N) is 1. The Kier molecular flexibility index (Phi) is 8.35. The van der Waals surface area contributed by atoms with Gasteiger partial charge in [-0.25, -0.2) is 4.79 Å². The van der Waals surface area contributed by atoms with Crippen LogP contribution in [0.2, 0.25) is 0 Å². The van der Waals surface area contributed by atoms with Gasteiger partial charge < -0.3 is 14.4 Å². The summed E-state index contributed by atoms with van der Waals surface area (Å²) in [4.78, 5) is 25.6. The summed E-state index contributed by atoms with van der Waals surface area (Å²) in [5.41, 5.74) is -1.00. The predicted molar refractivity (Wildman–Crippen MR) is 92.2 cm³/mol. The van der Waals surface area contributed by atoms with Gasteiger partial charge in [0.05, 0.1) is 5.92 Å². The van der Waals surface area contributed by atoms with E-state index in [1.165, 1.54) is 4.90 Å². The Bertz CT molecular complexity index is 404. The summed E-state index contributed by atoms with van der Waals surface area (Å²) in [6, 6.07) is 0. The van der Waals surface area contributed by atoms with Crippen molar-refractivity contribution in [3.05, 3.63) is 12.7 Å². The Labute approximate surface area is 141 Å². The first kappa shape index (κ1) is 21.5. The van der Waals surface area contributed by atoms with Crippen molar-refractivity contribution < 1.29 is 19.1 Å². The molecule has 0 bridgehead atoms. The minimum absolute atomic E-state index is 0.211. The van der Waals surface area contributed by atoms with E-state index >= 15 is 0 Å². The molecule has 0 aromatic rings. The molecule has 0 fully saturated rings. The van der Waals surface area contributed by atoms with E-state index in [-0.39, 0.29) is 18.0 Å². The number of esters is 1. The van der Waals surface area contributed by atoms with Crippen LogP contribution in [0.3, 0.4) is 0 Å². The van der Waals surface area contributed by atoms with Gasteiger partial charge in [0, 0.05) is 13.6 Å². The van der Waals surface area contributed by atoms with Crippen molar-refractivity contribution in [3.63, 3.8) is 0 Å². The summed E-state index contributed by atoms with van der Waals surface area (Å²) in [6.07, 6.45) is 3.30. The van der Waals surface area contributed by atoms with Crippen LogP contribution in [0.15, 0.2) is 12.7 Å². The second-order valence-corrected chi connectivity index (χ2v) is 7.80. The Hall–Kier alpha value is -1.52. The van der Waals surface area contributed by atoms with Crippen LogP contribution in [-0.2, 0) is 14.3 Å². The highest BCUT2D eigenvalue weighted by Crippen LogP contribution is 2.19. The van der Waals surface area contributed by atoms with E-state index in [2.05, 4.69) is 6.58 Å². The summed E-state index contributed by atoms with van der Waals surface area (Å²) >= 11 is 0. The van der Waals surface area contributed by atoms with Gasteiger partial charge >= 0.3 is 12.1 Å². The standard InChI is InChI=1S/C18H33NO4/c1-9-11-14(15(20)22-17(2,3)4)12-10-13-19(8)16(21)23-18(5,6)7/h9,14H,1,10-13H2,2-8H3. The molecular formula is C18H33NO4. The minimum Gasteiger partial charge on any atom is -0.460 e. The van der Waals surface area contributed by atoms with Crippen LogP contribution >= 0.6 is 0 Å². The van der Waals surface area contributed by atoms with Crippen LogP contribution in [0.5, 0.6) is 0 Å². The van der Waals surface area contributed by atoms with Crippen LogP contribution in [-0.4, -0.2) is 41.8 Å². The molecule has 0 aliphatic heterocycles. The topological polar surface area (TPSA) is 55.8 Å². The van der Waals surface area contributed by atoms with Gasteiger partial charge in [0.15, 0.2) is 0 Å². The Morgan fingerprint density at radius 2 is 1.61 bits per heavy atom. The molecule has 0 saturated carbocycles. The van der Waals surface area contributed by atoms with E-state index in [1.807, 2.05) is 41.5 Å². The van der Waals surface area contributed by atoms with E-state index in [0.29, 0.717) is 25.8 Å². The Balaban J connectivity index is 4.40. The second kappa shape index (κ2) is 8.94. The smallest absolute Gasteiger partial charge is 0.410 e. The zero-order valence-electron chi connectivity index (χ0n) is 15.8. The van der Waals surface area contributed by atoms with Gasteiger partial charge in [-0.2, -0.15) is 0 Å². The molecule has 0 aromatic heterocycles. The van der Waals surface area contributed by atoms with Gasteiger partial charge in [-0.1, -0.05) is 6.08 Å². The molecule has 0 rings (SSSR count). The lowest BCUT2D eigenvalue weighted by molar-refractivity contribution is -0.160. The summed E-state index contributed by atoms with van der Waals surface area (Å²) < 4.78 is 10.7. The lowest BCUT2D eigenvalue weighted by Gasteiger charge is -2.26. The molecule has 5 heteroatoms. The molecule has 1 atom stereocenters. The molecule has 0 aliphatic rings. The molecule has 0 N–H and O–H groups in total. The van der Waals surface area contributed by atoms with Gasteiger partial charge in [-0.15, -0.1) is 6.58 Å². The second-order valence-electron chi connectivity index (χ2n) is 7.80. The SMILES string of the molecule is C=CCC(CCCN(C)C(=O)OC(C)(C)C)C(=O)OC(C)(C)C. The fraction of sp³-hybridized carbons (Fsp3) is 0.778. The van der Waals surface area contributed by atoms with Gasteiger partial charge in [-0.05, 0) is 60.8 Å². The zero-order chi connectivity index (χ0) is 18.3. The molecule has 134 valence electrons. The molecule has 23 heavy (non-hydrogen) atoms. The number of rotatable bonds is 7. The van der Waals surface area contributed by atoms with Gasteiger partial charge in [-0.3, -0.25) is 4.79 Å². The first-order chi connectivity index (χ1) is 10.4. The highest BCUT2D eigenvalue weighted by atomic mass is 16.6. The Morgan fingerprint density at radius 1 is 1.09 bits per heavy atom. The molecule has 0 saturated heterocycles. The average molecular weight is 327 g/mol. The highest BCUT2D eigenvalue weighted by Gasteiger charge is 2.25. The molecule has 0 heterocycles. The number of carbonyl (C=O) groups is 2. The maximum absolute atomic E-state index is 12.2. The molecule has 0 spiro atoms. The summed E-state index contributed by atoms with van der Waals surface area (Å²) in [5, 5.41) is 0. The number of carbonyl (C=O) groups excluding carboxylic acids is 2. The normalized spacial score (nSPS) is 13.2. The molecule has 1 amide bonds. The van der Waals surface area contributed by atoms with Crippen molar-refractivity contribution in [2.24, 2.45) is 5.92 Å². The molecule has 0 radical (unpaired) electrons. The van der Waals surface area contributed by atoms with Crippen LogP contribution in [0.4, 0.5) is 4.79 Å². The summed E-state index contributed by atoms with van der Waals surface area (Å²) in [7, 11) is 1.70. The van der Waals surface area contributed by atoms with Crippen molar-refractivity contribution in [1.29, 1.82) is 0 Å². The lowest BCUT2D eigenvalue weighted by Crippen LogP contribution is -2.35. The number of hydrogen-bond donors (Lipinski definition) is 0. The van der Waals surface area contributed by atoms with E-state index in [0.717, 1.165) is 0 Å². The van der Waals surface area contributed by atoms with Crippen molar-refractivity contribution >= 4 is 12.1 Å². The quantitative estimate of drug-likeness (QED) is 0.520. The fourth-order valence-electron chi connectivity index (χ4n) is 1.92. The minimum atomic E-state index is -0.507. The van der Waals surface area contributed by atoms with Gasteiger partial charge in [0.2, 0.25) is 0 Å². The zero-order valence-corrected chi connectivity index (χ0v) is 15.8. The number of ether oxygens (including phenoxy) is 2. The highest BCUT2D eigenvalue weighted by molar-refractivity contribution is 5.73. The van der Waals surface area contributed by atoms with E-state index in [1.54, 1.807) is 13.1 Å². The monoisotopic (exact) mass is 327 g/mol. The first-order valence-electron chi connectivity index (χ1n) is 8.13.